The van der Waals surface area contributed by atoms with E-state index in [9.17, 15) is 4.79 Å². The van der Waals surface area contributed by atoms with Gasteiger partial charge < -0.3 is 19.6 Å². The second-order valence-electron chi connectivity index (χ2n) is 7.78. The quantitative estimate of drug-likeness (QED) is 0.836. The SMILES string of the molecule is CC.CC(C)(C)OC(=O)N1CCN(CC2CCN(CCO)CC2)CC1. The molecule has 1 N–H and O–H groups in total. The van der Waals surface area contributed by atoms with Crippen molar-refractivity contribution in [3.63, 3.8) is 0 Å². The Morgan fingerprint density at radius 1 is 1.00 bits per heavy atom. The molecule has 6 nitrogen and oxygen atoms in total. The van der Waals surface area contributed by atoms with Gasteiger partial charge in [-0.3, -0.25) is 4.90 Å². The Hall–Kier alpha value is -0.850. The third kappa shape index (κ3) is 8.38. The lowest BCUT2D eigenvalue weighted by atomic mass is 9.96. The fourth-order valence-electron chi connectivity index (χ4n) is 3.34. The van der Waals surface area contributed by atoms with Crippen molar-refractivity contribution in [3.05, 3.63) is 0 Å². The maximum atomic E-state index is 12.1. The Labute approximate surface area is 154 Å². The highest BCUT2D eigenvalue weighted by Crippen LogP contribution is 2.19. The van der Waals surface area contributed by atoms with Gasteiger partial charge in [0.1, 0.15) is 5.60 Å². The number of carbonyl (C=O) groups is 1. The average molecular weight is 358 g/mol. The van der Waals surface area contributed by atoms with Crippen LogP contribution in [0.1, 0.15) is 47.5 Å². The normalized spacial score (nSPS) is 20.8. The third-order valence-corrected chi connectivity index (χ3v) is 4.66. The van der Waals surface area contributed by atoms with Crippen molar-refractivity contribution in [2.75, 3.05) is 59.0 Å². The fourth-order valence-corrected chi connectivity index (χ4v) is 3.34. The van der Waals surface area contributed by atoms with E-state index in [0.717, 1.165) is 58.3 Å². The molecule has 25 heavy (non-hydrogen) atoms. The van der Waals surface area contributed by atoms with Gasteiger partial charge in [0.25, 0.3) is 0 Å². The number of piperazine rings is 1. The molecule has 0 bridgehead atoms. The van der Waals surface area contributed by atoms with E-state index in [0.29, 0.717) is 0 Å². The number of amides is 1. The number of nitrogens with zero attached hydrogens (tertiary/aromatic N) is 3. The van der Waals surface area contributed by atoms with Crippen molar-refractivity contribution in [2.24, 2.45) is 5.92 Å². The van der Waals surface area contributed by atoms with Crippen LogP contribution in [0.25, 0.3) is 0 Å². The maximum absolute atomic E-state index is 12.1. The molecule has 1 amide bonds. The van der Waals surface area contributed by atoms with Gasteiger partial charge in [-0.05, 0) is 52.6 Å². The van der Waals surface area contributed by atoms with Crippen molar-refractivity contribution in [1.29, 1.82) is 0 Å². The molecule has 0 saturated carbocycles. The van der Waals surface area contributed by atoms with E-state index in [-0.39, 0.29) is 12.7 Å². The molecule has 2 rings (SSSR count). The number of hydrogen-bond donors (Lipinski definition) is 1. The molecule has 0 radical (unpaired) electrons. The monoisotopic (exact) mass is 357 g/mol. The van der Waals surface area contributed by atoms with Crippen molar-refractivity contribution in [3.8, 4) is 0 Å². The van der Waals surface area contributed by atoms with Crippen LogP contribution >= 0.6 is 0 Å². The van der Waals surface area contributed by atoms with E-state index >= 15 is 0 Å². The van der Waals surface area contributed by atoms with Crippen molar-refractivity contribution >= 4 is 6.09 Å². The largest absolute Gasteiger partial charge is 0.444 e. The second kappa shape index (κ2) is 11.0. The summed E-state index contributed by atoms with van der Waals surface area (Å²) >= 11 is 0. The Morgan fingerprint density at radius 2 is 1.56 bits per heavy atom. The lowest BCUT2D eigenvalue weighted by molar-refractivity contribution is 0.0121. The summed E-state index contributed by atoms with van der Waals surface area (Å²) in [6.45, 7) is 17.5. The van der Waals surface area contributed by atoms with Gasteiger partial charge in [0.15, 0.2) is 0 Å². The number of ether oxygens (including phenoxy) is 1. The molecule has 2 saturated heterocycles. The standard InChI is InChI=1S/C17H33N3O3.C2H6/c1-17(2,3)23-16(22)20-10-8-19(9-11-20)14-15-4-6-18(7-5-15)12-13-21;1-2/h15,21H,4-14H2,1-3H3;1-2H3. The Morgan fingerprint density at radius 3 is 2.04 bits per heavy atom. The summed E-state index contributed by atoms with van der Waals surface area (Å²) in [7, 11) is 0. The zero-order chi connectivity index (χ0) is 18.9. The minimum Gasteiger partial charge on any atom is -0.444 e. The third-order valence-electron chi connectivity index (χ3n) is 4.66. The van der Waals surface area contributed by atoms with Gasteiger partial charge in [0, 0.05) is 39.3 Å². The van der Waals surface area contributed by atoms with Gasteiger partial charge in [-0.15, -0.1) is 0 Å². The van der Waals surface area contributed by atoms with E-state index in [1.165, 1.54) is 12.8 Å². The zero-order valence-electron chi connectivity index (χ0n) is 17.0. The minimum absolute atomic E-state index is 0.186. The highest BCUT2D eigenvalue weighted by molar-refractivity contribution is 5.68. The van der Waals surface area contributed by atoms with Gasteiger partial charge in [-0.2, -0.15) is 0 Å². The predicted octanol–water partition coefficient (Wildman–Crippen LogP) is 2.27. The number of piperidine rings is 1. The van der Waals surface area contributed by atoms with E-state index < -0.39 is 5.60 Å². The van der Waals surface area contributed by atoms with Gasteiger partial charge >= 0.3 is 6.09 Å². The highest BCUT2D eigenvalue weighted by atomic mass is 16.6. The first-order valence-corrected chi connectivity index (χ1v) is 9.91. The second-order valence-corrected chi connectivity index (χ2v) is 7.78. The molecule has 0 atom stereocenters. The van der Waals surface area contributed by atoms with Crippen LogP contribution in [-0.2, 0) is 4.74 Å². The number of rotatable bonds is 4. The summed E-state index contributed by atoms with van der Waals surface area (Å²) in [5, 5.41) is 8.99. The van der Waals surface area contributed by atoms with E-state index in [2.05, 4.69) is 9.80 Å². The molecule has 2 aliphatic rings. The molecule has 2 fully saturated rings. The molecule has 2 aliphatic heterocycles. The number of hydrogen-bond acceptors (Lipinski definition) is 5. The van der Waals surface area contributed by atoms with Crippen LogP contribution in [0.3, 0.4) is 0 Å². The molecular weight excluding hydrogens is 318 g/mol. The van der Waals surface area contributed by atoms with Crippen LogP contribution in [-0.4, -0.2) is 90.5 Å². The van der Waals surface area contributed by atoms with Crippen LogP contribution in [0.5, 0.6) is 0 Å². The molecule has 0 aromatic heterocycles. The first kappa shape index (κ1) is 22.2. The minimum atomic E-state index is -0.420. The zero-order valence-corrected chi connectivity index (χ0v) is 17.0. The van der Waals surface area contributed by atoms with Crippen molar-refractivity contribution < 1.29 is 14.6 Å². The summed E-state index contributed by atoms with van der Waals surface area (Å²) in [6, 6.07) is 0. The lowest BCUT2D eigenvalue weighted by Crippen LogP contribution is -2.51. The number of β-amino-alcohol motifs (C(OH)–C–C–N with tert-alkyl or cyclic N) is 1. The topological polar surface area (TPSA) is 56.2 Å². The lowest BCUT2D eigenvalue weighted by Gasteiger charge is -2.39. The smallest absolute Gasteiger partial charge is 0.410 e. The van der Waals surface area contributed by atoms with E-state index in [4.69, 9.17) is 9.84 Å². The molecular formula is C19H39N3O3. The number of carbonyl (C=O) groups excluding carboxylic acids is 1. The number of aliphatic hydroxyl groups is 1. The van der Waals surface area contributed by atoms with Gasteiger partial charge in [0.2, 0.25) is 0 Å². The van der Waals surface area contributed by atoms with Crippen LogP contribution < -0.4 is 0 Å². The first-order chi connectivity index (χ1) is 11.9. The summed E-state index contributed by atoms with van der Waals surface area (Å²) in [5.41, 5.74) is -0.420. The van der Waals surface area contributed by atoms with E-state index in [1.807, 2.05) is 39.5 Å². The molecule has 0 aromatic carbocycles. The summed E-state index contributed by atoms with van der Waals surface area (Å²) < 4.78 is 5.44. The van der Waals surface area contributed by atoms with E-state index in [1.54, 1.807) is 0 Å². The number of likely N-dealkylation sites (tertiary alicyclic amines) is 1. The maximum Gasteiger partial charge on any atom is 0.410 e. The van der Waals surface area contributed by atoms with Crippen molar-refractivity contribution in [1.82, 2.24) is 14.7 Å². The molecule has 0 aromatic rings. The summed E-state index contributed by atoms with van der Waals surface area (Å²) in [6.07, 6.45) is 2.24. The first-order valence-electron chi connectivity index (χ1n) is 9.91. The molecule has 148 valence electrons. The Bertz CT molecular complexity index is 369. The van der Waals surface area contributed by atoms with Crippen molar-refractivity contribution in [2.45, 2.75) is 53.1 Å². The molecule has 0 spiro atoms. The van der Waals surface area contributed by atoms with Crippen LogP contribution in [0.15, 0.2) is 0 Å². The predicted molar refractivity (Wildman–Crippen MR) is 102 cm³/mol. The molecule has 0 aliphatic carbocycles. The van der Waals surface area contributed by atoms with Crippen LogP contribution in [0.4, 0.5) is 4.79 Å². The Balaban J connectivity index is 0.00000151. The molecule has 6 heteroatoms. The highest BCUT2D eigenvalue weighted by Gasteiger charge is 2.27. The van der Waals surface area contributed by atoms with Crippen LogP contribution in [0, 0.1) is 5.92 Å². The van der Waals surface area contributed by atoms with Gasteiger partial charge in [-0.1, -0.05) is 13.8 Å². The summed E-state index contributed by atoms with van der Waals surface area (Å²) in [5.74, 6) is 0.748. The molecule has 0 unspecified atom stereocenters. The Kier molecular flexibility index (Phi) is 9.75. The van der Waals surface area contributed by atoms with Gasteiger partial charge in [-0.25, -0.2) is 4.79 Å². The summed E-state index contributed by atoms with van der Waals surface area (Å²) in [4.78, 5) is 18.7. The number of aliphatic hydroxyl groups excluding tert-OH is 1. The molecule has 2 heterocycles. The average Bonchev–Trinajstić information content (AvgIpc) is 2.58. The fraction of sp³-hybridized carbons (Fsp3) is 0.947. The van der Waals surface area contributed by atoms with Gasteiger partial charge in [0.05, 0.1) is 6.61 Å². The van der Waals surface area contributed by atoms with Crippen LogP contribution in [0.2, 0.25) is 0 Å².